The fourth-order valence-electron chi connectivity index (χ4n) is 3.80. The van der Waals surface area contributed by atoms with Crippen LogP contribution in [0.5, 0.6) is 0 Å². The fourth-order valence-corrected chi connectivity index (χ4v) is 5.49. The Balaban J connectivity index is 1.34. The van der Waals surface area contributed by atoms with Crippen LogP contribution in [-0.2, 0) is 14.8 Å². The smallest absolute Gasteiger partial charge is 0.261 e. The van der Waals surface area contributed by atoms with Gasteiger partial charge in [-0.25, -0.2) is 12.8 Å². The van der Waals surface area contributed by atoms with Crippen molar-refractivity contribution in [2.75, 3.05) is 15.4 Å². The van der Waals surface area contributed by atoms with Crippen LogP contribution in [0, 0.1) is 5.82 Å². The average Bonchev–Trinajstić information content (AvgIpc) is 3.56. The SMILES string of the molecule is CC(=O)Nc1ccc(S(=O)(=O)Nc2ccc(-c3ccc4c(NC(=O)c5ccsc5)n[nH]c4c3F)cc2)cc1. The van der Waals surface area contributed by atoms with Crippen LogP contribution >= 0.6 is 11.3 Å². The van der Waals surface area contributed by atoms with Crippen LogP contribution in [0.3, 0.4) is 0 Å². The van der Waals surface area contributed by atoms with Gasteiger partial charge in [-0.3, -0.25) is 19.4 Å². The summed E-state index contributed by atoms with van der Waals surface area (Å²) in [6.45, 7) is 1.36. The Hall–Kier alpha value is -4.55. The fraction of sp³-hybridized carbons (Fsp3) is 0.0385. The molecule has 0 bridgehead atoms. The van der Waals surface area contributed by atoms with Crippen molar-refractivity contribution in [2.45, 2.75) is 11.8 Å². The number of nitrogens with zero attached hydrogens (tertiary/aromatic N) is 1. The molecule has 0 radical (unpaired) electrons. The van der Waals surface area contributed by atoms with Gasteiger partial charge in [-0.1, -0.05) is 18.2 Å². The highest BCUT2D eigenvalue weighted by Crippen LogP contribution is 2.32. The van der Waals surface area contributed by atoms with Crippen LogP contribution in [0.1, 0.15) is 17.3 Å². The molecule has 0 atom stereocenters. The number of halogens is 1. The number of sulfonamides is 1. The maximum Gasteiger partial charge on any atom is 0.261 e. The molecule has 0 fully saturated rings. The number of fused-ring (bicyclic) bond motifs is 1. The number of H-pyrrole nitrogens is 1. The molecule has 2 amide bonds. The number of benzene rings is 3. The Kier molecular flexibility index (Phi) is 6.66. The molecule has 38 heavy (non-hydrogen) atoms. The molecule has 9 nitrogen and oxygen atoms in total. The van der Waals surface area contributed by atoms with E-state index in [2.05, 4.69) is 25.6 Å². The molecule has 5 rings (SSSR count). The average molecular weight is 550 g/mol. The van der Waals surface area contributed by atoms with E-state index < -0.39 is 15.8 Å². The van der Waals surface area contributed by atoms with Crippen LogP contribution in [0.4, 0.5) is 21.6 Å². The number of carbonyl (C=O) groups is 2. The first-order valence-electron chi connectivity index (χ1n) is 11.2. The van der Waals surface area contributed by atoms with E-state index in [0.29, 0.717) is 27.9 Å². The summed E-state index contributed by atoms with van der Waals surface area (Å²) in [4.78, 5) is 23.5. The van der Waals surface area contributed by atoms with E-state index in [1.54, 1.807) is 41.1 Å². The second kappa shape index (κ2) is 10.1. The van der Waals surface area contributed by atoms with Crippen molar-refractivity contribution in [3.8, 4) is 11.1 Å². The number of hydrogen-bond donors (Lipinski definition) is 4. The van der Waals surface area contributed by atoms with Gasteiger partial charge in [0.1, 0.15) is 5.52 Å². The molecule has 192 valence electrons. The van der Waals surface area contributed by atoms with Crippen LogP contribution in [0.25, 0.3) is 22.0 Å². The van der Waals surface area contributed by atoms with Crippen LogP contribution in [0.15, 0.2) is 82.4 Å². The van der Waals surface area contributed by atoms with Crippen molar-refractivity contribution in [1.29, 1.82) is 0 Å². The number of amides is 2. The first-order valence-corrected chi connectivity index (χ1v) is 13.6. The first kappa shape index (κ1) is 25.1. The molecular weight excluding hydrogens is 529 g/mol. The normalized spacial score (nSPS) is 11.3. The minimum Gasteiger partial charge on any atom is -0.326 e. The lowest BCUT2D eigenvalue weighted by Crippen LogP contribution is -2.13. The number of aromatic amines is 1. The summed E-state index contributed by atoms with van der Waals surface area (Å²) in [6.07, 6.45) is 0. The maximum atomic E-state index is 15.4. The molecule has 5 aromatic rings. The Morgan fingerprint density at radius 1 is 0.921 bits per heavy atom. The summed E-state index contributed by atoms with van der Waals surface area (Å²) in [5.41, 5.74) is 2.19. The molecule has 0 spiro atoms. The van der Waals surface area contributed by atoms with Crippen molar-refractivity contribution in [1.82, 2.24) is 10.2 Å². The van der Waals surface area contributed by atoms with Crippen LogP contribution in [0.2, 0.25) is 0 Å². The lowest BCUT2D eigenvalue weighted by Gasteiger charge is -2.10. The van der Waals surface area contributed by atoms with Crippen molar-refractivity contribution >= 4 is 61.3 Å². The molecule has 0 aliphatic heterocycles. The molecule has 12 heteroatoms. The van der Waals surface area contributed by atoms with E-state index in [4.69, 9.17) is 0 Å². The van der Waals surface area contributed by atoms with Crippen molar-refractivity contribution in [2.24, 2.45) is 0 Å². The molecule has 0 saturated carbocycles. The highest BCUT2D eigenvalue weighted by molar-refractivity contribution is 7.92. The maximum absolute atomic E-state index is 15.4. The van der Waals surface area contributed by atoms with E-state index in [1.807, 2.05) is 0 Å². The number of nitrogens with one attached hydrogen (secondary N) is 4. The quantitative estimate of drug-likeness (QED) is 0.215. The molecule has 0 saturated heterocycles. The van der Waals surface area contributed by atoms with Crippen LogP contribution in [-0.4, -0.2) is 30.4 Å². The zero-order valence-corrected chi connectivity index (χ0v) is 21.4. The van der Waals surface area contributed by atoms with E-state index in [0.717, 1.165) is 0 Å². The predicted octanol–water partition coefficient (Wildman–Crippen LogP) is 5.44. The summed E-state index contributed by atoms with van der Waals surface area (Å²) >= 11 is 1.39. The third-order valence-corrected chi connectivity index (χ3v) is 7.71. The number of carbonyl (C=O) groups excluding carboxylic acids is 2. The van der Waals surface area contributed by atoms with E-state index in [1.165, 1.54) is 54.7 Å². The zero-order valence-electron chi connectivity index (χ0n) is 19.8. The number of aromatic nitrogens is 2. The summed E-state index contributed by atoms with van der Waals surface area (Å²) in [5.74, 6) is -0.941. The summed E-state index contributed by atoms with van der Waals surface area (Å²) in [7, 11) is -3.88. The van der Waals surface area contributed by atoms with Gasteiger partial charge in [0.2, 0.25) is 5.91 Å². The predicted molar refractivity (Wildman–Crippen MR) is 145 cm³/mol. The number of thiophene rings is 1. The Morgan fingerprint density at radius 3 is 2.29 bits per heavy atom. The summed E-state index contributed by atoms with van der Waals surface area (Å²) in [5, 5.41) is 15.9. The molecular formula is C26H20FN5O4S2. The van der Waals surface area contributed by atoms with Crippen molar-refractivity contribution < 1.29 is 22.4 Å². The van der Waals surface area contributed by atoms with Crippen molar-refractivity contribution in [3.05, 3.63) is 88.9 Å². The van der Waals surface area contributed by atoms with Gasteiger partial charge in [0, 0.05) is 34.6 Å². The molecule has 4 N–H and O–H groups in total. The topological polar surface area (TPSA) is 133 Å². The minimum atomic E-state index is -3.88. The van der Waals surface area contributed by atoms with Gasteiger partial charge in [0.15, 0.2) is 11.6 Å². The Morgan fingerprint density at radius 2 is 1.63 bits per heavy atom. The largest absolute Gasteiger partial charge is 0.326 e. The highest BCUT2D eigenvalue weighted by Gasteiger charge is 2.18. The molecule has 0 aliphatic carbocycles. The molecule has 2 heterocycles. The lowest BCUT2D eigenvalue weighted by molar-refractivity contribution is -0.114. The van der Waals surface area contributed by atoms with Crippen molar-refractivity contribution in [3.63, 3.8) is 0 Å². The number of hydrogen-bond acceptors (Lipinski definition) is 6. The third-order valence-electron chi connectivity index (χ3n) is 5.62. The van der Waals surface area contributed by atoms with Gasteiger partial charge in [-0.2, -0.15) is 16.4 Å². The molecule has 3 aromatic carbocycles. The van der Waals surface area contributed by atoms with Gasteiger partial charge in [-0.05, 0) is 59.5 Å². The molecule has 0 unspecified atom stereocenters. The van der Waals surface area contributed by atoms with Crippen LogP contribution < -0.4 is 15.4 Å². The van der Waals surface area contributed by atoms with Gasteiger partial charge in [0.25, 0.3) is 15.9 Å². The second-order valence-corrected chi connectivity index (χ2v) is 10.7. The van der Waals surface area contributed by atoms with Gasteiger partial charge < -0.3 is 10.6 Å². The van der Waals surface area contributed by atoms with E-state index in [-0.39, 0.29) is 33.6 Å². The molecule has 0 aliphatic rings. The number of anilines is 3. The molecule has 2 aromatic heterocycles. The van der Waals surface area contributed by atoms with Gasteiger partial charge in [-0.15, -0.1) is 0 Å². The van der Waals surface area contributed by atoms with E-state index in [9.17, 15) is 18.0 Å². The van der Waals surface area contributed by atoms with Gasteiger partial charge >= 0.3 is 0 Å². The first-order chi connectivity index (χ1) is 18.2. The lowest BCUT2D eigenvalue weighted by atomic mass is 10.0. The Bertz CT molecular complexity index is 1750. The van der Waals surface area contributed by atoms with Gasteiger partial charge in [0.05, 0.1) is 10.5 Å². The zero-order chi connectivity index (χ0) is 26.9. The minimum absolute atomic E-state index is 0.0216. The third kappa shape index (κ3) is 5.12. The Labute approximate surface area is 220 Å². The monoisotopic (exact) mass is 549 g/mol. The number of rotatable bonds is 7. The summed E-state index contributed by atoms with van der Waals surface area (Å²) < 4.78 is 43.3. The van der Waals surface area contributed by atoms with E-state index >= 15 is 4.39 Å². The second-order valence-electron chi connectivity index (χ2n) is 8.28. The standard InChI is InChI=1S/C26H20FN5O4S2/c1-15(33)28-18-6-8-20(9-7-18)38(35,36)32-19-4-2-16(3-5-19)21-10-11-22-24(23(21)27)30-31-25(22)29-26(34)17-12-13-37-14-17/h2-14,32H,1H3,(H,28,33)(H2,29,30,31,34). The highest BCUT2D eigenvalue weighted by atomic mass is 32.2. The summed E-state index contributed by atoms with van der Waals surface area (Å²) in [6, 6.07) is 16.9.